The molecular formula is C36H50N4O4S2. The lowest BCUT2D eigenvalue weighted by atomic mass is 9.90. The van der Waals surface area contributed by atoms with E-state index in [0.29, 0.717) is 37.4 Å². The highest BCUT2D eigenvalue weighted by Crippen LogP contribution is 2.29. The Hall–Kier alpha value is -2.98. The number of anilines is 2. The average Bonchev–Trinajstić information content (AvgIpc) is 3.06. The Kier molecular flexibility index (Phi) is 15.8. The second-order valence-corrected chi connectivity index (χ2v) is 14.7. The fourth-order valence-electron chi connectivity index (χ4n) is 6.14. The van der Waals surface area contributed by atoms with Crippen LogP contribution in [-0.4, -0.2) is 48.2 Å². The molecule has 0 heterocycles. The van der Waals surface area contributed by atoms with E-state index in [4.69, 9.17) is 0 Å². The first-order valence-electron chi connectivity index (χ1n) is 17.1. The largest absolute Gasteiger partial charge is 0.355 e. The Labute approximate surface area is 282 Å². The van der Waals surface area contributed by atoms with Gasteiger partial charge in [-0.2, -0.15) is 0 Å². The van der Waals surface area contributed by atoms with Gasteiger partial charge in [-0.05, 0) is 111 Å². The number of carbonyl (C=O) groups excluding carboxylic acids is 4. The average molecular weight is 667 g/mol. The maximum atomic E-state index is 12.4. The minimum Gasteiger partial charge on any atom is -0.355 e. The molecule has 0 aliphatic heterocycles. The fourth-order valence-corrected chi connectivity index (χ4v) is 7.87. The van der Waals surface area contributed by atoms with Crippen molar-refractivity contribution in [1.29, 1.82) is 0 Å². The molecule has 2 aromatic carbocycles. The molecule has 46 heavy (non-hydrogen) atoms. The maximum Gasteiger partial charge on any atom is 0.230 e. The third-order valence-corrected chi connectivity index (χ3v) is 10.7. The summed E-state index contributed by atoms with van der Waals surface area (Å²) < 4.78 is 0. The predicted octanol–water partition coefficient (Wildman–Crippen LogP) is 6.76. The molecule has 0 saturated carbocycles. The van der Waals surface area contributed by atoms with E-state index in [1.54, 1.807) is 0 Å². The van der Waals surface area contributed by atoms with E-state index in [9.17, 15) is 19.2 Å². The van der Waals surface area contributed by atoms with Crippen LogP contribution in [0.1, 0.15) is 99.3 Å². The second kappa shape index (κ2) is 20.3. The summed E-state index contributed by atoms with van der Waals surface area (Å²) in [5.41, 5.74) is 7.26. The van der Waals surface area contributed by atoms with Crippen LogP contribution in [-0.2, 0) is 44.9 Å². The zero-order valence-electron chi connectivity index (χ0n) is 27.1. The number of unbranched alkanes of at least 4 members (excludes halogenated alkanes) is 4. The molecule has 250 valence electrons. The number of hydrogen-bond acceptors (Lipinski definition) is 6. The number of nitrogens with one attached hydrogen (secondary N) is 4. The van der Waals surface area contributed by atoms with Crippen molar-refractivity contribution in [2.45, 2.75) is 103 Å². The molecule has 0 saturated heterocycles. The highest BCUT2D eigenvalue weighted by atomic mass is 33.1. The van der Waals surface area contributed by atoms with Crippen LogP contribution < -0.4 is 21.3 Å². The van der Waals surface area contributed by atoms with Gasteiger partial charge in [-0.15, -0.1) is 0 Å². The molecule has 2 aromatic rings. The van der Waals surface area contributed by atoms with E-state index < -0.39 is 0 Å². The van der Waals surface area contributed by atoms with Crippen LogP contribution >= 0.6 is 21.6 Å². The Bertz CT molecular complexity index is 1220. The van der Waals surface area contributed by atoms with Crippen LogP contribution in [0, 0.1) is 0 Å². The zero-order chi connectivity index (χ0) is 32.4. The molecule has 10 heteroatoms. The number of amides is 4. The monoisotopic (exact) mass is 666 g/mol. The van der Waals surface area contributed by atoms with Crippen molar-refractivity contribution >= 4 is 56.6 Å². The minimum absolute atomic E-state index is 0.0410. The van der Waals surface area contributed by atoms with Crippen molar-refractivity contribution in [3.8, 4) is 0 Å². The summed E-state index contributed by atoms with van der Waals surface area (Å²) >= 11 is 0. The molecule has 2 aliphatic rings. The van der Waals surface area contributed by atoms with Gasteiger partial charge in [0.25, 0.3) is 0 Å². The van der Waals surface area contributed by atoms with Gasteiger partial charge in [0, 0.05) is 37.3 Å². The van der Waals surface area contributed by atoms with Crippen molar-refractivity contribution in [2.24, 2.45) is 0 Å². The summed E-state index contributed by atoms with van der Waals surface area (Å²) in [4.78, 5) is 49.0. The molecule has 0 radical (unpaired) electrons. The van der Waals surface area contributed by atoms with E-state index in [1.165, 1.54) is 69.5 Å². The molecule has 0 aromatic heterocycles. The third-order valence-electron chi connectivity index (χ3n) is 8.61. The smallest absolute Gasteiger partial charge is 0.230 e. The maximum absolute atomic E-state index is 12.4. The Morgan fingerprint density at radius 2 is 0.957 bits per heavy atom. The summed E-state index contributed by atoms with van der Waals surface area (Å²) in [6.07, 6.45) is 15.1. The Morgan fingerprint density at radius 3 is 1.41 bits per heavy atom. The molecule has 0 unspecified atom stereocenters. The highest BCUT2D eigenvalue weighted by molar-refractivity contribution is 8.77. The van der Waals surface area contributed by atoms with E-state index >= 15 is 0 Å². The lowest BCUT2D eigenvalue weighted by Gasteiger charge is -2.19. The standard InChI is InChI=1S/C36H50N4O4S2/c41-33(39-31-19-11-15-27-13-5-7-17-29(27)31)21-3-1-9-23-37-35(43)25-45-46-26-36(44)38-24-10-2-4-22-34(42)40-32-20-12-16-28-14-6-8-18-30(28)32/h11-12,15-16,19-20H,1-10,13-14,17-18,21-26H2,(H,37,43)(H,38,44)(H,39,41)(H,40,42). The molecule has 2 aliphatic carbocycles. The van der Waals surface area contributed by atoms with Gasteiger partial charge >= 0.3 is 0 Å². The number of carbonyl (C=O) groups is 4. The van der Waals surface area contributed by atoms with Crippen LogP contribution in [0.25, 0.3) is 0 Å². The van der Waals surface area contributed by atoms with E-state index in [0.717, 1.165) is 75.6 Å². The van der Waals surface area contributed by atoms with Gasteiger partial charge in [-0.1, -0.05) is 58.7 Å². The van der Waals surface area contributed by atoms with Gasteiger partial charge in [-0.3, -0.25) is 19.2 Å². The molecular weight excluding hydrogens is 617 g/mol. The van der Waals surface area contributed by atoms with Crippen molar-refractivity contribution in [1.82, 2.24) is 10.6 Å². The van der Waals surface area contributed by atoms with Crippen LogP contribution in [0.15, 0.2) is 36.4 Å². The van der Waals surface area contributed by atoms with Gasteiger partial charge < -0.3 is 21.3 Å². The van der Waals surface area contributed by atoms with Crippen molar-refractivity contribution in [3.05, 3.63) is 58.7 Å². The number of rotatable bonds is 19. The van der Waals surface area contributed by atoms with Crippen LogP contribution in [0.4, 0.5) is 11.4 Å². The molecule has 8 nitrogen and oxygen atoms in total. The number of aryl methyl sites for hydroxylation is 2. The van der Waals surface area contributed by atoms with E-state index in [-0.39, 0.29) is 23.6 Å². The normalized spacial score (nSPS) is 13.7. The van der Waals surface area contributed by atoms with Gasteiger partial charge in [-0.25, -0.2) is 0 Å². The molecule has 4 amide bonds. The predicted molar refractivity (Wildman–Crippen MR) is 191 cm³/mol. The number of benzene rings is 2. The zero-order valence-corrected chi connectivity index (χ0v) is 28.7. The van der Waals surface area contributed by atoms with Crippen molar-refractivity contribution in [2.75, 3.05) is 35.2 Å². The lowest BCUT2D eigenvalue weighted by molar-refractivity contribution is -0.119. The number of fused-ring (bicyclic) bond motifs is 2. The van der Waals surface area contributed by atoms with Gasteiger partial charge in [0.15, 0.2) is 0 Å². The second-order valence-electron chi connectivity index (χ2n) is 12.2. The van der Waals surface area contributed by atoms with Crippen molar-refractivity contribution in [3.63, 3.8) is 0 Å². The van der Waals surface area contributed by atoms with Crippen LogP contribution in [0.2, 0.25) is 0 Å². The highest BCUT2D eigenvalue weighted by Gasteiger charge is 2.16. The summed E-state index contributed by atoms with van der Waals surface area (Å²) in [5, 5.41) is 12.0. The Morgan fingerprint density at radius 1 is 0.522 bits per heavy atom. The summed E-state index contributed by atoms with van der Waals surface area (Å²) in [7, 11) is 2.76. The molecule has 4 rings (SSSR count). The van der Waals surface area contributed by atoms with Crippen molar-refractivity contribution < 1.29 is 19.2 Å². The quantitative estimate of drug-likeness (QED) is 0.0974. The summed E-state index contributed by atoms with van der Waals surface area (Å²) in [6.45, 7) is 1.18. The molecule has 0 bridgehead atoms. The molecule has 0 fully saturated rings. The third kappa shape index (κ3) is 12.7. The summed E-state index contributed by atoms with van der Waals surface area (Å²) in [5.74, 6) is 0.634. The first kappa shape index (κ1) is 35.9. The molecule has 0 spiro atoms. The molecule has 0 atom stereocenters. The first-order chi connectivity index (χ1) is 22.5. The van der Waals surface area contributed by atoms with E-state index in [2.05, 4.69) is 33.4 Å². The van der Waals surface area contributed by atoms with Crippen LogP contribution in [0.3, 0.4) is 0 Å². The Balaban J connectivity index is 0.927. The first-order valence-corrected chi connectivity index (χ1v) is 19.6. The van der Waals surface area contributed by atoms with Gasteiger partial charge in [0.1, 0.15) is 0 Å². The van der Waals surface area contributed by atoms with Crippen LogP contribution in [0.5, 0.6) is 0 Å². The fraction of sp³-hybridized carbons (Fsp3) is 0.556. The topological polar surface area (TPSA) is 116 Å². The van der Waals surface area contributed by atoms with Gasteiger partial charge in [0.05, 0.1) is 11.5 Å². The lowest BCUT2D eigenvalue weighted by Crippen LogP contribution is -2.27. The summed E-state index contributed by atoms with van der Waals surface area (Å²) in [6, 6.07) is 12.4. The SMILES string of the molecule is O=C(CSSCC(=O)NCCCCCC(=O)Nc1cccc2c1CCCC2)NCCCCCC(=O)Nc1cccc2c1CCCC2. The molecule has 4 N–H and O–H groups in total. The minimum atomic E-state index is -0.0410. The van der Waals surface area contributed by atoms with Gasteiger partial charge in [0.2, 0.25) is 23.6 Å². The number of hydrogen-bond donors (Lipinski definition) is 4. The van der Waals surface area contributed by atoms with E-state index in [1.807, 2.05) is 24.3 Å².